The summed E-state index contributed by atoms with van der Waals surface area (Å²) in [5, 5.41) is 7.50. The second kappa shape index (κ2) is 11.9. The largest absolute Gasteiger partial charge is 0.385 e. The Bertz CT molecular complexity index is 1360. The first-order chi connectivity index (χ1) is 18.5. The number of aryl methyl sites for hydroxylation is 2. The number of benzene rings is 2. The third kappa shape index (κ3) is 6.20. The molecule has 0 saturated carbocycles. The van der Waals surface area contributed by atoms with Crippen LogP contribution in [0, 0.1) is 19.7 Å². The van der Waals surface area contributed by atoms with Crippen molar-refractivity contribution in [2.45, 2.75) is 51.7 Å². The summed E-state index contributed by atoms with van der Waals surface area (Å²) < 4.78 is 22.1. The van der Waals surface area contributed by atoms with Crippen LogP contribution in [-0.4, -0.2) is 54.2 Å². The zero-order valence-corrected chi connectivity index (χ0v) is 24.3. The van der Waals surface area contributed by atoms with Crippen LogP contribution in [0.4, 0.5) is 10.2 Å². The zero-order valence-electron chi connectivity index (χ0n) is 23.5. The number of halogens is 1. The average Bonchev–Trinajstić information content (AvgIpc) is 3.20. The number of carbonyl (C=O) groups is 2. The van der Waals surface area contributed by atoms with Gasteiger partial charge in [0.25, 0.3) is 0 Å². The third-order valence-corrected chi connectivity index (χ3v) is 7.95. The van der Waals surface area contributed by atoms with E-state index in [-0.39, 0.29) is 29.9 Å². The SMILES string of the molecule is COCCCNC(=O)CN1C(=O)CS[C@@H](c2ccccc2F)c2c(C(C)(C)C)nn(-c3ccc(C)cc3C)c21. The van der Waals surface area contributed by atoms with Crippen molar-refractivity contribution in [1.29, 1.82) is 0 Å². The molecule has 9 heteroatoms. The number of amides is 2. The van der Waals surface area contributed by atoms with Crippen molar-refractivity contribution in [3.63, 3.8) is 0 Å². The van der Waals surface area contributed by atoms with E-state index >= 15 is 4.39 Å². The Morgan fingerprint density at radius 3 is 2.62 bits per heavy atom. The number of nitrogens with zero attached hydrogens (tertiary/aromatic N) is 3. The molecule has 2 aromatic carbocycles. The summed E-state index contributed by atoms with van der Waals surface area (Å²) in [7, 11) is 1.62. The Kier molecular flexibility index (Phi) is 8.81. The molecule has 0 aliphatic carbocycles. The summed E-state index contributed by atoms with van der Waals surface area (Å²) >= 11 is 1.37. The lowest BCUT2D eigenvalue weighted by Gasteiger charge is -2.25. The molecule has 4 rings (SSSR count). The van der Waals surface area contributed by atoms with E-state index in [4.69, 9.17) is 9.84 Å². The molecule has 0 radical (unpaired) electrons. The number of hydrogen-bond acceptors (Lipinski definition) is 5. The van der Waals surface area contributed by atoms with Crippen LogP contribution in [0.15, 0.2) is 42.5 Å². The highest BCUT2D eigenvalue weighted by Crippen LogP contribution is 2.49. The zero-order chi connectivity index (χ0) is 28.3. The van der Waals surface area contributed by atoms with Crippen LogP contribution < -0.4 is 10.2 Å². The molecule has 3 aromatic rings. The molecular weight excluding hydrogens is 515 g/mol. The van der Waals surface area contributed by atoms with Gasteiger partial charge < -0.3 is 10.1 Å². The summed E-state index contributed by atoms with van der Waals surface area (Å²) in [5.41, 5.74) is 4.50. The highest BCUT2D eigenvalue weighted by Gasteiger charge is 2.40. The van der Waals surface area contributed by atoms with E-state index in [2.05, 4.69) is 32.2 Å². The predicted molar refractivity (Wildman–Crippen MR) is 154 cm³/mol. The number of ether oxygens (including phenoxy) is 1. The van der Waals surface area contributed by atoms with Gasteiger partial charge in [0.05, 0.1) is 22.4 Å². The molecule has 39 heavy (non-hydrogen) atoms. The lowest BCUT2D eigenvalue weighted by atomic mass is 9.87. The van der Waals surface area contributed by atoms with Crippen LogP contribution in [-0.2, 0) is 19.7 Å². The van der Waals surface area contributed by atoms with Crippen LogP contribution >= 0.6 is 11.8 Å². The molecule has 0 bridgehead atoms. The first-order valence-electron chi connectivity index (χ1n) is 13.2. The third-order valence-electron chi connectivity index (χ3n) is 6.72. The molecule has 1 atom stereocenters. The van der Waals surface area contributed by atoms with Crippen LogP contribution in [0.5, 0.6) is 0 Å². The highest BCUT2D eigenvalue weighted by atomic mass is 32.2. The van der Waals surface area contributed by atoms with Crippen molar-refractivity contribution in [2.24, 2.45) is 0 Å². The molecule has 1 N–H and O–H groups in total. The monoisotopic (exact) mass is 552 g/mol. The Labute approximate surface area is 234 Å². The molecule has 0 spiro atoms. The summed E-state index contributed by atoms with van der Waals surface area (Å²) in [6, 6.07) is 12.7. The molecule has 0 unspecified atom stereocenters. The maximum absolute atomic E-state index is 15.3. The summed E-state index contributed by atoms with van der Waals surface area (Å²) in [4.78, 5) is 28.3. The van der Waals surface area contributed by atoms with Crippen molar-refractivity contribution in [2.75, 3.05) is 37.5 Å². The van der Waals surface area contributed by atoms with Gasteiger partial charge in [0.2, 0.25) is 11.8 Å². The molecule has 0 saturated heterocycles. The maximum Gasteiger partial charge on any atom is 0.240 e. The van der Waals surface area contributed by atoms with Crippen molar-refractivity contribution >= 4 is 29.4 Å². The van der Waals surface area contributed by atoms with Gasteiger partial charge in [0, 0.05) is 36.8 Å². The van der Waals surface area contributed by atoms with E-state index in [1.54, 1.807) is 23.9 Å². The molecule has 1 aliphatic heterocycles. The van der Waals surface area contributed by atoms with Gasteiger partial charge in [-0.05, 0) is 38.0 Å². The maximum atomic E-state index is 15.3. The van der Waals surface area contributed by atoms with Gasteiger partial charge in [0.1, 0.15) is 18.2 Å². The van der Waals surface area contributed by atoms with E-state index < -0.39 is 10.7 Å². The minimum absolute atomic E-state index is 0.0983. The average molecular weight is 553 g/mol. The molecule has 1 aliphatic rings. The lowest BCUT2D eigenvalue weighted by molar-refractivity contribution is -0.122. The van der Waals surface area contributed by atoms with Gasteiger partial charge in [-0.25, -0.2) is 9.07 Å². The minimum Gasteiger partial charge on any atom is -0.385 e. The summed E-state index contributed by atoms with van der Waals surface area (Å²) in [6.45, 7) is 11.0. The molecule has 2 amide bonds. The summed E-state index contributed by atoms with van der Waals surface area (Å²) in [6.07, 6.45) is 0.668. The Morgan fingerprint density at radius 2 is 1.95 bits per heavy atom. The highest BCUT2D eigenvalue weighted by molar-refractivity contribution is 8.00. The first kappa shape index (κ1) is 28.8. The first-order valence-corrected chi connectivity index (χ1v) is 14.2. The van der Waals surface area contributed by atoms with Gasteiger partial charge in [-0.2, -0.15) is 5.10 Å². The number of thioether (sulfide) groups is 1. The number of nitrogens with one attached hydrogen (secondary N) is 1. The van der Waals surface area contributed by atoms with Crippen LogP contribution in [0.1, 0.15) is 60.4 Å². The topological polar surface area (TPSA) is 76.5 Å². The van der Waals surface area contributed by atoms with Crippen molar-refractivity contribution in [1.82, 2.24) is 15.1 Å². The predicted octanol–water partition coefficient (Wildman–Crippen LogP) is 5.25. The molecule has 1 aromatic heterocycles. The normalized spacial score (nSPS) is 15.7. The minimum atomic E-state index is -0.478. The lowest BCUT2D eigenvalue weighted by Crippen LogP contribution is -2.42. The Morgan fingerprint density at radius 1 is 1.21 bits per heavy atom. The Balaban J connectivity index is 1.95. The molecular formula is C30H37FN4O3S. The standard InChI is InChI=1S/C30H37FN4O3S/c1-19-12-13-23(20(2)16-19)35-29-26(28(33-35)30(3,4)5)27(21-10-7-8-11-22(21)31)39-18-25(37)34(29)17-24(36)32-14-9-15-38-6/h7-8,10-13,16,27H,9,14-15,17-18H2,1-6H3,(H,32,36)/t27-/m0/s1. The second-order valence-electron chi connectivity index (χ2n) is 10.9. The fourth-order valence-electron chi connectivity index (χ4n) is 4.86. The smallest absolute Gasteiger partial charge is 0.240 e. The van der Waals surface area contributed by atoms with E-state index in [0.29, 0.717) is 31.0 Å². The number of carbonyl (C=O) groups excluding carboxylic acids is 2. The van der Waals surface area contributed by atoms with Crippen molar-refractivity contribution < 1.29 is 18.7 Å². The van der Waals surface area contributed by atoms with Gasteiger partial charge in [-0.15, -0.1) is 11.8 Å². The van der Waals surface area contributed by atoms with Crippen molar-refractivity contribution in [3.05, 3.63) is 76.2 Å². The summed E-state index contributed by atoms with van der Waals surface area (Å²) in [5.74, 6) is -0.218. The number of methoxy groups -OCH3 is 1. The van der Waals surface area contributed by atoms with Gasteiger partial charge >= 0.3 is 0 Å². The van der Waals surface area contributed by atoms with Gasteiger partial charge in [-0.1, -0.05) is 56.7 Å². The van der Waals surface area contributed by atoms with E-state index in [0.717, 1.165) is 28.1 Å². The van der Waals surface area contributed by atoms with Crippen LogP contribution in [0.2, 0.25) is 0 Å². The number of rotatable bonds is 8. The van der Waals surface area contributed by atoms with E-state index in [1.165, 1.54) is 22.7 Å². The molecule has 2 heterocycles. The number of fused-ring (bicyclic) bond motifs is 1. The number of anilines is 1. The van der Waals surface area contributed by atoms with Crippen molar-refractivity contribution in [3.8, 4) is 5.69 Å². The molecule has 208 valence electrons. The van der Waals surface area contributed by atoms with Crippen LogP contribution in [0.3, 0.4) is 0 Å². The second-order valence-corrected chi connectivity index (χ2v) is 12.0. The quantitative estimate of drug-likeness (QED) is 0.387. The molecule has 7 nitrogen and oxygen atoms in total. The molecule has 0 fully saturated rings. The number of hydrogen-bond donors (Lipinski definition) is 1. The van der Waals surface area contributed by atoms with Gasteiger partial charge in [-0.3, -0.25) is 14.5 Å². The Hall–Kier alpha value is -3.17. The fraction of sp³-hybridized carbons (Fsp3) is 0.433. The fourth-order valence-corrected chi connectivity index (χ4v) is 6.08. The van der Waals surface area contributed by atoms with E-state index in [1.807, 2.05) is 32.0 Å². The van der Waals surface area contributed by atoms with Crippen LogP contribution in [0.25, 0.3) is 5.69 Å². The van der Waals surface area contributed by atoms with E-state index in [9.17, 15) is 9.59 Å². The van der Waals surface area contributed by atoms with Gasteiger partial charge in [0.15, 0.2) is 0 Å². The number of aromatic nitrogens is 2.